The fourth-order valence-electron chi connectivity index (χ4n) is 1.54. The van der Waals surface area contributed by atoms with Crippen molar-refractivity contribution in [3.63, 3.8) is 0 Å². The molecule has 0 amide bonds. The lowest BCUT2D eigenvalue weighted by molar-refractivity contribution is 0.103. The SMILES string of the molecule is COc1cc(Cl)ccc1C(=O)c1ccc(C)s1. The summed E-state index contributed by atoms with van der Waals surface area (Å²) >= 11 is 7.34. The third-order valence-electron chi connectivity index (χ3n) is 2.37. The van der Waals surface area contributed by atoms with E-state index in [0.29, 0.717) is 21.2 Å². The Balaban J connectivity index is 2.43. The lowest BCUT2D eigenvalue weighted by Gasteiger charge is -2.06. The maximum Gasteiger partial charge on any atom is 0.206 e. The summed E-state index contributed by atoms with van der Waals surface area (Å²) in [6.07, 6.45) is 0. The molecule has 0 saturated heterocycles. The number of thiophene rings is 1. The van der Waals surface area contributed by atoms with E-state index in [1.54, 1.807) is 18.2 Å². The van der Waals surface area contributed by atoms with Crippen LogP contribution in [0.5, 0.6) is 5.75 Å². The fraction of sp³-hybridized carbons (Fsp3) is 0.154. The Morgan fingerprint density at radius 1 is 1.29 bits per heavy atom. The maximum absolute atomic E-state index is 12.2. The Morgan fingerprint density at radius 3 is 2.65 bits per heavy atom. The van der Waals surface area contributed by atoms with Gasteiger partial charge in [0.1, 0.15) is 5.75 Å². The van der Waals surface area contributed by atoms with Crippen LogP contribution in [0.1, 0.15) is 20.1 Å². The van der Waals surface area contributed by atoms with E-state index in [2.05, 4.69) is 0 Å². The Hall–Kier alpha value is -1.32. The molecule has 0 aliphatic carbocycles. The topological polar surface area (TPSA) is 26.3 Å². The quantitative estimate of drug-likeness (QED) is 0.787. The average Bonchev–Trinajstić information content (AvgIpc) is 2.75. The van der Waals surface area contributed by atoms with E-state index in [1.807, 2.05) is 19.1 Å². The van der Waals surface area contributed by atoms with Crippen LogP contribution in [0, 0.1) is 6.92 Å². The van der Waals surface area contributed by atoms with Crippen molar-refractivity contribution in [2.24, 2.45) is 0 Å². The van der Waals surface area contributed by atoms with E-state index in [1.165, 1.54) is 18.4 Å². The van der Waals surface area contributed by atoms with Crippen LogP contribution in [-0.4, -0.2) is 12.9 Å². The van der Waals surface area contributed by atoms with Gasteiger partial charge < -0.3 is 4.74 Å². The van der Waals surface area contributed by atoms with Crippen LogP contribution in [0.2, 0.25) is 5.02 Å². The molecule has 0 atom stereocenters. The standard InChI is InChI=1S/C13H11ClO2S/c1-8-3-6-12(17-8)13(15)10-5-4-9(14)7-11(10)16-2/h3-7H,1-2H3. The van der Waals surface area contributed by atoms with Gasteiger partial charge in [0, 0.05) is 9.90 Å². The first kappa shape index (κ1) is 12.1. The Kier molecular flexibility index (Phi) is 3.50. The molecule has 4 heteroatoms. The van der Waals surface area contributed by atoms with Gasteiger partial charge in [0.2, 0.25) is 5.78 Å². The van der Waals surface area contributed by atoms with E-state index in [0.717, 1.165) is 4.88 Å². The summed E-state index contributed by atoms with van der Waals surface area (Å²) in [5.41, 5.74) is 0.541. The molecule has 1 aromatic heterocycles. The van der Waals surface area contributed by atoms with E-state index >= 15 is 0 Å². The summed E-state index contributed by atoms with van der Waals surface area (Å²) in [7, 11) is 1.53. The van der Waals surface area contributed by atoms with Crippen molar-refractivity contribution in [2.75, 3.05) is 7.11 Å². The summed E-state index contributed by atoms with van der Waals surface area (Å²) in [5.74, 6) is 0.477. The fourth-order valence-corrected chi connectivity index (χ4v) is 2.53. The third kappa shape index (κ3) is 2.51. The van der Waals surface area contributed by atoms with Gasteiger partial charge >= 0.3 is 0 Å². The Labute approximate surface area is 109 Å². The molecule has 2 rings (SSSR count). The van der Waals surface area contributed by atoms with Crippen molar-refractivity contribution in [3.8, 4) is 5.75 Å². The van der Waals surface area contributed by atoms with Gasteiger partial charge in [0.15, 0.2) is 0 Å². The predicted molar refractivity (Wildman–Crippen MR) is 70.5 cm³/mol. The van der Waals surface area contributed by atoms with Crippen LogP contribution < -0.4 is 4.74 Å². The Morgan fingerprint density at radius 2 is 2.06 bits per heavy atom. The van der Waals surface area contributed by atoms with Crippen molar-refractivity contribution in [1.29, 1.82) is 0 Å². The van der Waals surface area contributed by atoms with E-state index < -0.39 is 0 Å². The first-order valence-electron chi connectivity index (χ1n) is 5.06. The second kappa shape index (κ2) is 4.90. The average molecular weight is 267 g/mol. The highest BCUT2D eigenvalue weighted by Gasteiger charge is 2.16. The van der Waals surface area contributed by atoms with Crippen LogP contribution in [0.3, 0.4) is 0 Å². The smallest absolute Gasteiger partial charge is 0.206 e. The molecule has 0 aliphatic rings. The number of carbonyl (C=O) groups is 1. The highest BCUT2D eigenvalue weighted by Crippen LogP contribution is 2.27. The van der Waals surface area contributed by atoms with Gasteiger partial charge in [-0.05, 0) is 37.3 Å². The maximum atomic E-state index is 12.2. The molecule has 0 aliphatic heterocycles. The van der Waals surface area contributed by atoms with Crippen LogP contribution in [0.4, 0.5) is 0 Å². The lowest BCUT2D eigenvalue weighted by Crippen LogP contribution is -2.01. The van der Waals surface area contributed by atoms with E-state index in [-0.39, 0.29) is 5.78 Å². The van der Waals surface area contributed by atoms with Gasteiger partial charge in [-0.15, -0.1) is 11.3 Å². The van der Waals surface area contributed by atoms with Crippen molar-refractivity contribution < 1.29 is 9.53 Å². The zero-order chi connectivity index (χ0) is 12.4. The minimum atomic E-state index is -0.0309. The number of methoxy groups -OCH3 is 1. The van der Waals surface area contributed by atoms with Crippen molar-refractivity contribution in [2.45, 2.75) is 6.92 Å². The number of benzene rings is 1. The van der Waals surface area contributed by atoms with Gasteiger partial charge in [-0.1, -0.05) is 11.6 Å². The number of aryl methyl sites for hydroxylation is 1. The molecular weight excluding hydrogens is 256 g/mol. The first-order chi connectivity index (χ1) is 8.11. The largest absolute Gasteiger partial charge is 0.496 e. The summed E-state index contributed by atoms with van der Waals surface area (Å²) in [6, 6.07) is 8.79. The second-order valence-corrected chi connectivity index (χ2v) is 5.31. The molecule has 88 valence electrons. The molecular formula is C13H11ClO2S. The number of rotatable bonds is 3. The van der Waals surface area contributed by atoms with Crippen LogP contribution >= 0.6 is 22.9 Å². The first-order valence-corrected chi connectivity index (χ1v) is 6.26. The van der Waals surface area contributed by atoms with Gasteiger partial charge in [0.05, 0.1) is 17.6 Å². The molecule has 0 N–H and O–H groups in total. The summed E-state index contributed by atoms with van der Waals surface area (Å²) < 4.78 is 5.17. The third-order valence-corrected chi connectivity index (χ3v) is 3.61. The second-order valence-electron chi connectivity index (χ2n) is 3.58. The van der Waals surface area contributed by atoms with Gasteiger partial charge in [-0.3, -0.25) is 4.79 Å². The summed E-state index contributed by atoms with van der Waals surface area (Å²) in [4.78, 5) is 14.1. The minimum Gasteiger partial charge on any atom is -0.496 e. The number of carbonyl (C=O) groups excluding carboxylic acids is 1. The zero-order valence-corrected chi connectivity index (χ0v) is 11.1. The van der Waals surface area contributed by atoms with Crippen molar-refractivity contribution in [3.05, 3.63) is 50.7 Å². The molecule has 0 bridgehead atoms. The number of halogens is 1. The van der Waals surface area contributed by atoms with E-state index in [4.69, 9.17) is 16.3 Å². The molecule has 17 heavy (non-hydrogen) atoms. The molecule has 1 heterocycles. The van der Waals surface area contributed by atoms with Crippen molar-refractivity contribution in [1.82, 2.24) is 0 Å². The number of ether oxygens (including phenoxy) is 1. The molecule has 2 aromatic rings. The molecule has 0 fully saturated rings. The van der Waals surface area contributed by atoms with Gasteiger partial charge in [-0.2, -0.15) is 0 Å². The number of hydrogen-bond acceptors (Lipinski definition) is 3. The molecule has 1 aromatic carbocycles. The minimum absolute atomic E-state index is 0.0309. The predicted octanol–water partition coefficient (Wildman–Crippen LogP) is 3.95. The molecule has 0 unspecified atom stereocenters. The monoisotopic (exact) mass is 266 g/mol. The molecule has 0 radical (unpaired) electrons. The van der Waals surface area contributed by atoms with Crippen molar-refractivity contribution >= 4 is 28.7 Å². The summed E-state index contributed by atoms with van der Waals surface area (Å²) in [5, 5.41) is 0.556. The molecule has 2 nitrogen and oxygen atoms in total. The number of hydrogen-bond donors (Lipinski definition) is 0. The van der Waals surface area contributed by atoms with Crippen LogP contribution in [0.15, 0.2) is 30.3 Å². The molecule has 0 saturated carbocycles. The van der Waals surface area contributed by atoms with Gasteiger partial charge in [-0.25, -0.2) is 0 Å². The number of ketones is 1. The molecule has 0 spiro atoms. The van der Waals surface area contributed by atoms with E-state index in [9.17, 15) is 4.79 Å². The lowest BCUT2D eigenvalue weighted by atomic mass is 10.1. The van der Waals surface area contributed by atoms with Crippen LogP contribution in [-0.2, 0) is 0 Å². The zero-order valence-electron chi connectivity index (χ0n) is 9.49. The highest BCUT2D eigenvalue weighted by atomic mass is 35.5. The highest BCUT2D eigenvalue weighted by molar-refractivity contribution is 7.14. The van der Waals surface area contributed by atoms with Gasteiger partial charge in [0.25, 0.3) is 0 Å². The summed E-state index contributed by atoms with van der Waals surface area (Å²) in [6.45, 7) is 1.97. The Bertz CT molecular complexity index is 560. The normalized spacial score (nSPS) is 10.3. The van der Waals surface area contributed by atoms with Crippen LogP contribution in [0.25, 0.3) is 0 Å².